The molecule has 0 radical (unpaired) electrons. The molecule has 1 aromatic carbocycles. The summed E-state index contributed by atoms with van der Waals surface area (Å²) in [6, 6.07) is 2.73. The molecule has 0 unspecified atom stereocenters. The van der Waals surface area contributed by atoms with Crippen molar-refractivity contribution in [2.45, 2.75) is 39.0 Å². The van der Waals surface area contributed by atoms with Crippen LogP contribution in [0.25, 0.3) is 0 Å². The van der Waals surface area contributed by atoms with E-state index in [0.29, 0.717) is 23.4 Å². The second kappa shape index (κ2) is 5.88. The van der Waals surface area contributed by atoms with Crippen LogP contribution in [0, 0.1) is 23.0 Å². The molecule has 0 saturated heterocycles. The van der Waals surface area contributed by atoms with E-state index >= 15 is 0 Å². The summed E-state index contributed by atoms with van der Waals surface area (Å²) < 4.78 is 28.3. The van der Waals surface area contributed by atoms with Gasteiger partial charge in [-0.05, 0) is 65.2 Å². The fraction of sp³-hybridized carbons (Fsp3) is 0.600. The maximum Gasteiger partial charge on any atom is 0.143 e. The minimum Gasteiger partial charge on any atom is -0.330 e. The number of halogens is 3. The first-order valence-corrected chi connectivity index (χ1v) is 7.59. The minimum atomic E-state index is -0.480. The zero-order valence-corrected chi connectivity index (χ0v) is 12.8. The van der Waals surface area contributed by atoms with Crippen molar-refractivity contribution in [2.24, 2.45) is 17.1 Å². The number of benzene rings is 1. The molecule has 2 N–H and O–H groups in total. The fourth-order valence-electron chi connectivity index (χ4n) is 2.93. The summed E-state index contributed by atoms with van der Waals surface area (Å²) in [5.74, 6) is -0.254. The van der Waals surface area contributed by atoms with E-state index in [0.717, 1.165) is 25.7 Å². The predicted octanol–water partition coefficient (Wildman–Crippen LogP) is 4.43. The molecular weight excluding hydrogens is 312 g/mol. The lowest BCUT2D eigenvalue weighted by molar-refractivity contribution is 0.160. The van der Waals surface area contributed by atoms with Crippen LogP contribution in [0.4, 0.5) is 8.78 Å². The Labute approximate surface area is 121 Å². The summed E-state index contributed by atoms with van der Waals surface area (Å²) >= 11 is 3.12. The minimum absolute atomic E-state index is 0.144. The van der Waals surface area contributed by atoms with Crippen LogP contribution in [0.2, 0.25) is 0 Å². The molecule has 1 saturated carbocycles. The van der Waals surface area contributed by atoms with Gasteiger partial charge >= 0.3 is 0 Å². The van der Waals surface area contributed by atoms with Gasteiger partial charge < -0.3 is 5.73 Å². The molecule has 2 rings (SSSR count). The molecular formula is C15H20BrF2N. The molecule has 1 aromatic rings. The summed E-state index contributed by atoms with van der Waals surface area (Å²) in [7, 11) is 0. The molecule has 1 nitrogen and oxygen atoms in total. The van der Waals surface area contributed by atoms with Gasteiger partial charge in [0.2, 0.25) is 0 Å². The molecule has 106 valence electrons. The Hall–Kier alpha value is -0.480. The standard InChI is InChI=1S/C15H20BrF2N/c1-10-4-6-15(9-19,7-5-10)8-11-13(17)3-2-12(16)14(11)18/h2-3,10H,4-9,19H2,1H3. The quantitative estimate of drug-likeness (QED) is 0.815. The number of hydrogen-bond acceptors (Lipinski definition) is 1. The topological polar surface area (TPSA) is 26.0 Å². The Morgan fingerprint density at radius 3 is 2.53 bits per heavy atom. The third-order valence-electron chi connectivity index (χ3n) is 4.46. The first-order valence-electron chi connectivity index (χ1n) is 6.80. The van der Waals surface area contributed by atoms with Gasteiger partial charge in [-0.2, -0.15) is 0 Å². The molecule has 0 spiro atoms. The first kappa shape index (κ1) is 14.9. The molecule has 0 aromatic heterocycles. The molecule has 0 amide bonds. The van der Waals surface area contributed by atoms with Crippen LogP contribution in [0.5, 0.6) is 0 Å². The number of hydrogen-bond donors (Lipinski definition) is 1. The second-order valence-corrected chi connectivity index (χ2v) is 6.74. The van der Waals surface area contributed by atoms with Crippen LogP contribution in [0.15, 0.2) is 16.6 Å². The van der Waals surface area contributed by atoms with Gasteiger partial charge in [0.15, 0.2) is 0 Å². The van der Waals surface area contributed by atoms with Crippen molar-refractivity contribution in [1.82, 2.24) is 0 Å². The van der Waals surface area contributed by atoms with Gasteiger partial charge in [-0.1, -0.05) is 19.8 Å². The lowest BCUT2D eigenvalue weighted by Gasteiger charge is -2.39. The van der Waals surface area contributed by atoms with Crippen LogP contribution < -0.4 is 5.73 Å². The molecule has 1 fully saturated rings. The lowest BCUT2D eigenvalue weighted by Crippen LogP contribution is -2.37. The van der Waals surface area contributed by atoms with Crippen molar-refractivity contribution in [1.29, 1.82) is 0 Å². The van der Waals surface area contributed by atoms with Crippen molar-refractivity contribution in [2.75, 3.05) is 6.54 Å². The van der Waals surface area contributed by atoms with E-state index in [4.69, 9.17) is 5.73 Å². The third-order valence-corrected chi connectivity index (χ3v) is 5.07. The van der Waals surface area contributed by atoms with Crippen LogP contribution >= 0.6 is 15.9 Å². The van der Waals surface area contributed by atoms with Crippen LogP contribution in [-0.4, -0.2) is 6.54 Å². The van der Waals surface area contributed by atoms with Crippen molar-refractivity contribution < 1.29 is 8.78 Å². The van der Waals surface area contributed by atoms with Gasteiger partial charge in [-0.25, -0.2) is 8.78 Å². The summed E-state index contributed by atoms with van der Waals surface area (Å²) in [4.78, 5) is 0. The van der Waals surface area contributed by atoms with Gasteiger partial charge in [0.05, 0.1) is 4.47 Å². The van der Waals surface area contributed by atoms with Gasteiger partial charge in [0, 0.05) is 5.56 Å². The van der Waals surface area contributed by atoms with Gasteiger partial charge in [0.1, 0.15) is 11.6 Å². The zero-order chi connectivity index (χ0) is 14.0. The van der Waals surface area contributed by atoms with Crippen LogP contribution in [0.1, 0.15) is 38.2 Å². The Balaban J connectivity index is 2.26. The van der Waals surface area contributed by atoms with Crippen molar-refractivity contribution >= 4 is 15.9 Å². The van der Waals surface area contributed by atoms with Gasteiger partial charge in [-0.15, -0.1) is 0 Å². The maximum atomic E-state index is 14.1. The third kappa shape index (κ3) is 3.16. The van der Waals surface area contributed by atoms with Gasteiger partial charge in [-0.3, -0.25) is 0 Å². The lowest BCUT2D eigenvalue weighted by atomic mass is 9.68. The van der Waals surface area contributed by atoms with Crippen LogP contribution in [-0.2, 0) is 6.42 Å². The van der Waals surface area contributed by atoms with E-state index in [9.17, 15) is 8.78 Å². The summed E-state index contributed by atoms with van der Waals surface area (Å²) in [5, 5.41) is 0. The molecule has 0 heterocycles. The highest BCUT2D eigenvalue weighted by Gasteiger charge is 2.34. The highest BCUT2D eigenvalue weighted by molar-refractivity contribution is 9.10. The van der Waals surface area contributed by atoms with E-state index in [1.165, 1.54) is 12.1 Å². The first-order chi connectivity index (χ1) is 8.97. The largest absolute Gasteiger partial charge is 0.330 e. The summed E-state index contributed by atoms with van der Waals surface area (Å²) in [6.45, 7) is 2.71. The van der Waals surface area contributed by atoms with E-state index in [1.54, 1.807) is 0 Å². The smallest absolute Gasteiger partial charge is 0.143 e. The Bertz CT molecular complexity index is 454. The van der Waals surface area contributed by atoms with Gasteiger partial charge in [0.25, 0.3) is 0 Å². The summed E-state index contributed by atoms with van der Waals surface area (Å²) in [6.07, 6.45) is 4.49. The second-order valence-electron chi connectivity index (χ2n) is 5.89. The molecule has 19 heavy (non-hydrogen) atoms. The zero-order valence-electron chi connectivity index (χ0n) is 11.2. The molecule has 1 aliphatic rings. The highest BCUT2D eigenvalue weighted by Crippen LogP contribution is 2.41. The van der Waals surface area contributed by atoms with Crippen molar-refractivity contribution in [3.63, 3.8) is 0 Å². The predicted molar refractivity (Wildman–Crippen MR) is 76.9 cm³/mol. The Morgan fingerprint density at radius 2 is 1.95 bits per heavy atom. The maximum absolute atomic E-state index is 14.1. The number of rotatable bonds is 3. The SMILES string of the molecule is CC1CCC(CN)(Cc2c(F)ccc(Br)c2F)CC1. The normalized spacial score (nSPS) is 27.5. The monoisotopic (exact) mass is 331 g/mol. The highest BCUT2D eigenvalue weighted by atomic mass is 79.9. The molecule has 0 aliphatic heterocycles. The van der Waals surface area contributed by atoms with Crippen molar-refractivity contribution in [3.05, 3.63) is 33.8 Å². The van der Waals surface area contributed by atoms with Crippen LogP contribution in [0.3, 0.4) is 0 Å². The number of nitrogens with two attached hydrogens (primary N) is 1. The fourth-order valence-corrected chi connectivity index (χ4v) is 3.31. The molecule has 4 heteroatoms. The Kier molecular flexibility index (Phi) is 4.62. The van der Waals surface area contributed by atoms with E-state index in [2.05, 4.69) is 22.9 Å². The van der Waals surface area contributed by atoms with Crippen molar-refractivity contribution in [3.8, 4) is 0 Å². The molecule has 0 atom stereocenters. The van der Waals surface area contributed by atoms with E-state index in [1.807, 2.05) is 0 Å². The average Bonchev–Trinajstić information content (AvgIpc) is 2.42. The summed E-state index contributed by atoms with van der Waals surface area (Å²) in [5.41, 5.74) is 5.94. The molecule has 1 aliphatic carbocycles. The van der Waals surface area contributed by atoms with E-state index < -0.39 is 11.6 Å². The molecule has 0 bridgehead atoms. The Morgan fingerprint density at radius 1 is 1.32 bits per heavy atom. The average molecular weight is 332 g/mol. The van der Waals surface area contributed by atoms with E-state index in [-0.39, 0.29) is 11.0 Å².